The highest BCUT2D eigenvalue weighted by Crippen LogP contribution is 2.32. The number of benzene rings is 3. The summed E-state index contributed by atoms with van der Waals surface area (Å²) >= 11 is 0. The predicted molar refractivity (Wildman–Crippen MR) is 132 cm³/mol. The maximum absolute atomic E-state index is 13.4. The lowest BCUT2D eigenvalue weighted by molar-refractivity contribution is 0.0686. The third-order valence-electron chi connectivity index (χ3n) is 5.41. The minimum Gasteiger partial charge on any atom is -0.497 e. The van der Waals surface area contributed by atoms with Gasteiger partial charge < -0.3 is 23.3 Å². The fourth-order valence-electron chi connectivity index (χ4n) is 3.47. The Morgan fingerprint density at radius 3 is 2.11 bits per heavy atom. The first-order chi connectivity index (χ1) is 17.1. The zero-order valence-electron chi connectivity index (χ0n) is 20.6. The summed E-state index contributed by atoms with van der Waals surface area (Å²) < 4.78 is 59.9. The Morgan fingerprint density at radius 1 is 0.861 bits per heavy atom. The number of carbonyl (C=O) groups is 1. The molecule has 10 heteroatoms. The van der Waals surface area contributed by atoms with Crippen molar-refractivity contribution in [3.05, 3.63) is 77.6 Å². The average Bonchev–Trinajstić information content (AvgIpc) is 2.86. The van der Waals surface area contributed by atoms with Crippen molar-refractivity contribution in [3.8, 4) is 23.0 Å². The summed E-state index contributed by atoms with van der Waals surface area (Å²) in [5.41, 5.74) is 0.963. The van der Waals surface area contributed by atoms with Gasteiger partial charge in [-0.25, -0.2) is 4.39 Å². The molecule has 3 aromatic rings. The van der Waals surface area contributed by atoms with E-state index in [1.807, 2.05) is 13.8 Å². The Bertz CT molecular complexity index is 1320. The average molecular weight is 518 g/mol. The molecule has 3 aromatic carbocycles. The van der Waals surface area contributed by atoms with Crippen LogP contribution in [0.15, 0.2) is 65.6 Å². The molecule has 8 nitrogen and oxygen atoms in total. The van der Waals surface area contributed by atoms with Gasteiger partial charge >= 0.3 is 10.1 Å². The van der Waals surface area contributed by atoms with Crippen LogP contribution in [0.25, 0.3) is 0 Å². The summed E-state index contributed by atoms with van der Waals surface area (Å²) in [5, 5.41) is 0. The lowest BCUT2D eigenvalue weighted by Crippen LogP contribution is -2.36. The fraction of sp³-hybridized carbons (Fsp3) is 0.269. The first kappa shape index (κ1) is 26.8. The van der Waals surface area contributed by atoms with Gasteiger partial charge in [-0.3, -0.25) is 4.79 Å². The second kappa shape index (κ2) is 11.3. The van der Waals surface area contributed by atoms with E-state index in [-0.39, 0.29) is 34.9 Å². The lowest BCUT2D eigenvalue weighted by atomic mass is 10.1. The van der Waals surface area contributed by atoms with E-state index >= 15 is 0 Å². The van der Waals surface area contributed by atoms with Crippen molar-refractivity contribution in [2.24, 2.45) is 0 Å². The molecule has 1 amide bonds. The zero-order valence-corrected chi connectivity index (χ0v) is 21.5. The normalized spacial score (nSPS) is 11.2. The molecule has 0 radical (unpaired) electrons. The second-order valence-corrected chi connectivity index (χ2v) is 9.62. The van der Waals surface area contributed by atoms with Crippen LogP contribution in [0.5, 0.6) is 23.0 Å². The van der Waals surface area contributed by atoms with Crippen LogP contribution in [-0.2, 0) is 16.7 Å². The van der Waals surface area contributed by atoms with E-state index in [2.05, 4.69) is 0 Å². The molecule has 0 unspecified atom stereocenters. The Hall–Kier alpha value is -3.79. The standard InChI is InChI=1S/C26H28FNO7S/c1-17(2)28(26(29)22-12-9-20(32-3)15-24(22)34-5)16-18-6-13-23(33-4)25(14-18)35-36(30,31)21-10-7-19(27)8-11-21/h6-15,17H,16H2,1-5H3. The summed E-state index contributed by atoms with van der Waals surface area (Å²) in [4.78, 5) is 14.9. The van der Waals surface area contributed by atoms with Gasteiger partial charge in [0, 0.05) is 18.7 Å². The van der Waals surface area contributed by atoms with Crippen molar-refractivity contribution in [2.75, 3.05) is 21.3 Å². The van der Waals surface area contributed by atoms with Gasteiger partial charge in [-0.1, -0.05) is 6.07 Å². The van der Waals surface area contributed by atoms with E-state index < -0.39 is 15.9 Å². The molecular weight excluding hydrogens is 489 g/mol. The maximum Gasteiger partial charge on any atom is 0.339 e. The van der Waals surface area contributed by atoms with E-state index in [1.54, 1.807) is 35.2 Å². The van der Waals surface area contributed by atoms with Crippen molar-refractivity contribution >= 4 is 16.0 Å². The van der Waals surface area contributed by atoms with Crippen LogP contribution in [0.3, 0.4) is 0 Å². The number of halogens is 1. The largest absolute Gasteiger partial charge is 0.497 e. The molecule has 0 aromatic heterocycles. The Morgan fingerprint density at radius 2 is 1.53 bits per heavy atom. The molecule has 3 rings (SSSR count). The first-order valence-electron chi connectivity index (χ1n) is 11.0. The number of hydrogen-bond donors (Lipinski definition) is 0. The molecule has 0 saturated carbocycles. The molecule has 0 N–H and O–H groups in total. The van der Waals surface area contributed by atoms with Crippen LogP contribution in [0.1, 0.15) is 29.8 Å². The Labute approximate surface area is 210 Å². The van der Waals surface area contributed by atoms with Gasteiger partial charge in [0.1, 0.15) is 22.2 Å². The maximum atomic E-state index is 13.4. The van der Waals surface area contributed by atoms with Crippen molar-refractivity contribution < 1.29 is 36.0 Å². The minimum absolute atomic E-state index is 0.0579. The van der Waals surface area contributed by atoms with E-state index in [0.717, 1.165) is 24.3 Å². The summed E-state index contributed by atoms with van der Waals surface area (Å²) in [6.07, 6.45) is 0. The highest BCUT2D eigenvalue weighted by atomic mass is 32.2. The Balaban J connectivity index is 1.92. The van der Waals surface area contributed by atoms with E-state index in [4.69, 9.17) is 18.4 Å². The fourth-order valence-corrected chi connectivity index (χ4v) is 4.40. The zero-order chi connectivity index (χ0) is 26.5. The molecule has 0 atom stereocenters. The van der Waals surface area contributed by atoms with Gasteiger partial charge in [0.05, 0.1) is 26.9 Å². The number of hydrogen-bond acceptors (Lipinski definition) is 7. The molecule has 192 valence electrons. The number of rotatable bonds is 10. The highest BCUT2D eigenvalue weighted by molar-refractivity contribution is 7.87. The molecule has 0 bridgehead atoms. The van der Waals surface area contributed by atoms with Crippen molar-refractivity contribution in [1.29, 1.82) is 0 Å². The van der Waals surface area contributed by atoms with Crippen LogP contribution in [0.4, 0.5) is 4.39 Å². The van der Waals surface area contributed by atoms with Crippen LogP contribution in [0, 0.1) is 5.82 Å². The molecule has 0 aliphatic heterocycles. The monoisotopic (exact) mass is 517 g/mol. The smallest absolute Gasteiger partial charge is 0.339 e. The third-order valence-corrected chi connectivity index (χ3v) is 6.65. The van der Waals surface area contributed by atoms with Crippen molar-refractivity contribution in [3.63, 3.8) is 0 Å². The summed E-state index contributed by atoms with van der Waals surface area (Å²) in [7, 11) is 0.123. The van der Waals surface area contributed by atoms with Gasteiger partial charge in [0.15, 0.2) is 11.5 Å². The van der Waals surface area contributed by atoms with Gasteiger partial charge in [-0.15, -0.1) is 0 Å². The quantitative estimate of drug-likeness (QED) is 0.361. The van der Waals surface area contributed by atoms with Gasteiger partial charge in [0.25, 0.3) is 5.91 Å². The van der Waals surface area contributed by atoms with Crippen molar-refractivity contribution in [2.45, 2.75) is 31.3 Å². The van der Waals surface area contributed by atoms with Gasteiger partial charge in [-0.05, 0) is 67.9 Å². The van der Waals surface area contributed by atoms with Gasteiger partial charge in [0.2, 0.25) is 0 Å². The summed E-state index contributed by atoms with van der Waals surface area (Å²) in [5.74, 6) is 0.205. The third kappa shape index (κ3) is 6.06. The Kier molecular flexibility index (Phi) is 8.41. The van der Waals surface area contributed by atoms with Gasteiger partial charge in [-0.2, -0.15) is 8.42 Å². The van der Waals surface area contributed by atoms with Crippen LogP contribution < -0.4 is 18.4 Å². The number of methoxy groups -OCH3 is 3. The topological polar surface area (TPSA) is 91.4 Å². The number of amides is 1. The molecule has 0 spiro atoms. The molecule has 0 heterocycles. The molecule has 36 heavy (non-hydrogen) atoms. The highest BCUT2D eigenvalue weighted by Gasteiger charge is 2.24. The first-order valence-corrected chi connectivity index (χ1v) is 12.4. The molecule has 0 aliphatic carbocycles. The molecule has 0 saturated heterocycles. The van der Waals surface area contributed by atoms with Crippen molar-refractivity contribution in [1.82, 2.24) is 4.90 Å². The summed E-state index contributed by atoms with van der Waals surface area (Å²) in [6, 6.07) is 13.8. The number of ether oxygens (including phenoxy) is 3. The van der Waals surface area contributed by atoms with Crippen LogP contribution >= 0.6 is 0 Å². The van der Waals surface area contributed by atoms with E-state index in [0.29, 0.717) is 22.6 Å². The van der Waals surface area contributed by atoms with Crippen LogP contribution in [0.2, 0.25) is 0 Å². The predicted octanol–water partition coefficient (Wildman–Crippen LogP) is 4.67. The minimum atomic E-state index is -4.25. The molecular formula is C26H28FNO7S. The second-order valence-electron chi connectivity index (χ2n) is 8.07. The van der Waals surface area contributed by atoms with E-state index in [1.165, 1.54) is 27.4 Å². The molecule has 0 aliphatic rings. The summed E-state index contributed by atoms with van der Waals surface area (Å²) in [6.45, 7) is 3.89. The SMILES string of the molecule is COc1ccc(C(=O)N(Cc2ccc(OC)c(OS(=O)(=O)c3ccc(F)cc3)c2)C(C)C)c(OC)c1. The number of nitrogens with zero attached hydrogens (tertiary/aromatic N) is 1. The number of carbonyl (C=O) groups excluding carboxylic acids is 1. The lowest BCUT2D eigenvalue weighted by Gasteiger charge is -2.28. The molecule has 0 fully saturated rings. The van der Waals surface area contributed by atoms with E-state index in [9.17, 15) is 17.6 Å². The van der Waals surface area contributed by atoms with Crippen LogP contribution in [-0.4, -0.2) is 46.6 Å².